The van der Waals surface area contributed by atoms with Gasteiger partial charge in [0.15, 0.2) is 17.3 Å². The SMILES string of the molecule is CCC(Nc1ccc2c(c1)OCCO2)C(N)=NO. The molecule has 4 N–H and O–H groups in total. The Hall–Kier alpha value is -2.11. The van der Waals surface area contributed by atoms with Crippen molar-refractivity contribution in [1.29, 1.82) is 0 Å². The summed E-state index contributed by atoms with van der Waals surface area (Å²) < 4.78 is 10.9. The summed E-state index contributed by atoms with van der Waals surface area (Å²) in [5, 5.41) is 14.9. The van der Waals surface area contributed by atoms with E-state index in [1.807, 2.05) is 25.1 Å². The first-order chi connectivity index (χ1) is 8.74. The molecule has 6 heteroatoms. The number of nitrogens with one attached hydrogen (secondary N) is 1. The van der Waals surface area contributed by atoms with Crippen molar-refractivity contribution < 1.29 is 14.7 Å². The third-order valence-electron chi connectivity index (χ3n) is 2.76. The first-order valence-electron chi connectivity index (χ1n) is 5.88. The van der Waals surface area contributed by atoms with E-state index in [9.17, 15) is 0 Å². The third-order valence-corrected chi connectivity index (χ3v) is 2.76. The van der Waals surface area contributed by atoms with Crippen molar-refractivity contribution in [2.75, 3.05) is 18.5 Å². The molecule has 1 aromatic carbocycles. The highest BCUT2D eigenvalue weighted by Gasteiger charge is 2.15. The van der Waals surface area contributed by atoms with E-state index < -0.39 is 0 Å². The summed E-state index contributed by atoms with van der Waals surface area (Å²) in [7, 11) is 0. The molecule has 0 saturated carbocycles. The molecule has 1 aliphatic heterocycles. The van der Waals surface area contributed by atoms with Gasteiger partial charge in [0.05, 0.1) is 6.04 Å². The smallest absolute Gasteiger partial charge is 0.163 e. The summed E-state index contributed by atoms with van der Waals surface area (Å²) in [5.41, 5.74) is 6.44. The van der Waals surface area contributed by atoms with Crippen molar-refractivity contribution in [3.05, 3.63) is 18.2 Å². The van der Waals surface area contributed by atoms with Crippen LogP contribution in [-0.4, -0.2) is 30.3 Å². The number of oxime groups is 1. The van der Waals surface area contributed by atoms with Crippen LogP contribution in [0.1, 0.15) is 13.3 Å². The molecular formula is C12H17N3O3. The second-order valence-electron chi connectivity index (χ2n) is 3.99. The zero-order valence-corrected chi connectivity index (χ0v) is 10.2. The Morgan fingerprint density at radius 1 is 1.44 bits per heavy atom. The van der Waals surface area contributed by atoms with Crippen molar-refractivity contribution in [2.45, 2.75) is 19.4 Å². The molecule has 0 spiro atoms. The number of hydrogen-bond acceptors (Lipinski definition) is 5. The van der Waals surface area contributed by atoms with Crippen LogP contribution >= 0.6 is 0 Å². The first kappa shape index (κ1) is 12.3. The molecule has 1 heterocycles. The topological polar surface area (TPSA) is 89.1 Å². The van der Waals surface area contributed by atoms with E-state index in [1.54, 1.807) is 0 Å². The summed E-state index contributed by atoms with van der Waals surface area (Å²) in [6.45, 7) is 3.07. The summed E-state index contributed by atoms with van der Waals surface area (Å²) in [6.07, 6.45) is 0.713. The number of amidine groups is 1. The van der Waals surface area contributed by atoms with Gasteiger partial charge in [0, 0.05) is 11.8 Å². The van der Waals surface area contributed by atoms with Crippen molar-refractivity contribution in [3.63, 3.8) is 0 Å². The molecule has 6 nitrogen and oxygen atoms in total. The lowest BCUT2D eigenvalue weighted by Crippen LogP contribution is -2.35. The van der Waals surface area contributed by atoms with Crippen LogP contribution in [0.25, 0.3) is 0 Å². The lowest BCUT2D eigenvalue weighted by atomic mass is 10.2. The fourth-order valence-electron chi connectivity index (χ4n) is 1.79. The van der Waals surface area contributed by atoms with Crippen molar-refractivity contribution in [1.82, 2.24) is 0 Å². The van der Waals surface area contributed by atoms with Crippen LogP contribution in [0.3, 0.4) is 0 Å². The average molecular weight is 251 g/mol. The average Bonchev–Trinajstić information content (AvgIpc) is 2.43. The number of hydrogen-bond donors (Lipinski definition) is 3. The molecular weight excluding hydrogens is 234 g/mol. The normalized spacial score (nSPS) is 16.2. The number of ether oxygens (including phenoxy) is 2. The Bertz CT molecular complexity index is 448. The Morgan fingerprint density at radius 2 is 2.17 bits per heavy atom. The number of benzene rings is 1. The van der Waals surface area contributed by atoms with Crippen molar-refractivity contribution in [3.8, 4) is 11.5 Å². The van der Waals surface area contributed by atoms with E-state index >= 15 is 0 Å². The van der Waals surface area contributed by atoms with Crippen LogP contribution in [0.4, 0.5) is 5.69 Å². The quantitative estimate of drug-likeness (QED) is 0.326. The highest BCUT2D eigenvalue weighted by atomic mass is 16.6. The number of nitrogens with two attached hydrogens (primary N) is 1. The molecule has 2 rings (SSSR count). The third kappa shape index (κ3) is 2.58. The Kier molecular flexibility index (Phi) is 3.76. The lowest BCUT2D eigenvalue weighted by molar-refractivity contribution is 0.171. The summed E-state index contributed by atoms with van der Waals surface area (Å²) in [5.74, 6) is 1.61. The van der Waals surface area contributed by atoms with Gasteiger partial charge in [0.25, 0.3) is 0 Å². The maximum absolute atomic E-state index is 8.68. The molecule has 0 radical (unpaired) electrons. The summed E-state index contributed by atoms with van der Waals surface area (Å²) in [6, 6.07) is 5.36. The van der Waals surface area contributed by atoms with Crippen LogP contribution in [0.2, 0.25) is 0 Å². The van der Waals surface area contributed by atoms with Gasteiger partial charge in [0.2, 0.25) is 0 Å². The Morgan fingerprint density at radius 3 is 2.83 bits per heavy atom. The number of fused-ring (bicyclic) bond motifs is 1. The molecule has 0 aromatic heterocycles. The monoisotopic (exact) mass is 251 g/mol. The standard InChI is InChI=1S/C12H17N3O3/c1-2-9(12(13)15-16)14-8-3-4-10-11(7-8)18-6-5-17-10/h3-4,7,9,14,16H,2,5-6H2,1H3,(H2,13,15). The molecule has 0 saturated heterocycles. The van der Waals surface area contributed by atoms with Gasteiger partial charge >= 0.3 is 0 Å². The number of nitrogens with zero attached hydrogens (tertiary/aromatic N) is 1. The predicted molar refractivity (Wildman–Crippen MR) is 68.5 cm³/mol. The van der Waals surface area contributed by atoms with E-state index in [-0.39, 0.29) is 11.9 Å². The van der Waals surface area contributed by atoms with E-state index in [4.69, 9.17) is 20.4 Å². The van der Waals surface area contributed by atoms with Gasteiger partial charge < -0.3 is 25.7 Å². The lowest BCUT2D eigenvalue weighted by Gasteiger charge is -2.21. The fourth-order valence-corrected chi connectivity index (χ4v) is 1.79. The molecule has 0 bridgehead atoms. The molecule has 0 amide bonds. The maximum atomic E-state index is 8.68. The van der Waals surface area contributed by atoms with E-state index in [0.29, 0.717) is 25.4 Å². The van der Waals surface area contributed by atoms with Crippen LogP contribution < -0.4 is 20.5 Å². The molecule has 0 fully saturated rings. The molecule has 1 aliphatic rings. The summed E-state index contributed by atoms with van der Waals surface area (Å²) >= 11 is 0. The Balaban J connectivity index is 2.14. The maximum Gasteiger partial charge on any atom is 0.163 e. The first-order valence-corrected chi connectivity index (χ1v) is 5.88. The minimum Gasteiger partial charge on any atom is -0.486 e. The molecule has 1 unspecified atom stereocenters. The Labute approximate surface area is 105 Å². The van der Waals surface area contributed by atoms with Crippen LogP contribution in [0.5, 0.6) is 11.5 Å². The predicted octanol–water partition coefficient (Wildman–Crippen LogP) is 1.39. The molecule has 18 heavy (non-hydrogen) atoms. The molecule has 98 valence electrons. The second kappa shape index (κ2) is 5.48. The number of rotatable bonds is 4. The van der Waals surface area contributed by atoms with Crippen LogP contribution in [0.15, 0.2) is 23.4 Å². The van der Waals surface area contributed by atoms with E-state index in [2.05, 4.69) is 10.5 Å². The fraction of sp³-hybridized carbons (Fsp3) is 0.417. The van der Waals surface area contributed by atoms with Crippen LogP contribution in [-0.2, 0) is 0 Å². The number of anilines is 1. The van der Waals surface area contributed by atoms with Gasteiger partial charge in [-0.3, -0.25) is 0 Å². The van der Waals surface area contributed by atoms with Gasteiger partial charge in [-0.05, 0) is 18.6 Å². The second-order valence-corrected chi connectivity index (χ2v) is 3.99. The van der Waals surface area contributed by atoms with E-state index in [1.165, 1.54) is 0 Å². The molecule has 1 atom stereocenters. The minimum absolute atomic E-state index is 0.160. The summed E-state index contributed by atoms with van der Waals surface area (Å²) in [4.78, 5) is 0. The van der Waals surface area contributed by atoms with Gasteiger partial charge in [-0.15, -0.1) is 0 Å². The molecule has 0 aliphatic carbocycles. The highest BCUT2D eigenvalue weighted by molar-refractivity contribution is 5.87. The van der Waals surface area contributed by atoms with Gasteiger partial charge in [-0.2, -0.15) is 0 Å². The largest absolute Gasteiger partial charge is 0.486 e. The minimum atomic E-state index is -0.211. The van der Waals surface area contributed by atoms with Crippen molar-refractivity contribution >= 4 is 11.5 Å². The van der Waals surface area contributed by atoms with Crippen molar-refractivity contribution in [2.24, 2.45) is 10.9 Å². The van der Waals surface area contributed by atoms with Gasteiger partial charge in [0.1, 0.15) is 13.2 Å². The zero-order chi connectivity index (χ0) is 13.0. The van der Waals surface area contributed by atoms with Gasteiger partial charge in [-0.25, -0.2) is 0 Å². The highest BCUT2D eigenvalue weighted by Crippen LogP contribution is 2.32. The van der Waals surface area contributed by atoms with E-state index in [0.717, 1.165) is 11.4 Å². The zero-order valence-electron chi connectivity index (χ0n) is 10.2. The van der Waals surface area contributed by atoms with Crippen LogP contribution in [0, 0.1) is 0 Å². The molecule has 1 aromatic rings. The van der Waals surface area contributed by atoms with Gasteiger partial charge in [-0.1, -0.05) is 12.1 Å².